The molecule has 1 atom stereocenters. The summed E-state index contributed by atoms with van der Waals surface area (Å²) in [6, 6.07) is 9.35. The summed E-state index contributed by atoms with van der Waals surface area (Å²) in [4.78, 5) is 13.9. The molecule has 1 rings (SSSR count). The first-order chi connectivity index (χ1) is 8.56. The Morgan fingerprint density at radius 2 is 1.94 bits per heavy atom. The van der Waals surface area contributed by atoms with Crippen molar-refractivity contribution in [2.45, 2.75) is 25.8 Å². The van der Waals surface area contributed by atoms with Crippen LogP contribution in [0.25, 0.3) is 0 Å². The van der Waals surface area contributed by atoms with Crippen molar-refractivity contribution in [3.05, 3.63) is 30.3 Å². The molecule has 4 N–H and O–H groups in total. The van der Waals surface area contributed by atoms with Crippen molar-refractivity contribution in [2.75, 3.05) is 11.4 Å². The summed E-state index contributed by atoms with van der Waals surface area (Å²) in [5.74, 6) is -0.329. The van der Waals surface area contributed by atoms with Crippen LogP contribution in [0.3, 0.4) is 0 Å². The normalized spacial score (nSPS) is 11.8. The van der Waals surface area contributed by atoms with Crippen molar-refractivity contribution in [3.8, 4) is 0 Å². The van der Waals surface area contributed by atoms with Gasteiger partial charge in [0.1, 0.15) is 6.04 Å². The fourth-order valence-corrected chi connectivity index (χ4v) is 1.98. The SMILES string of the molecule is CCC(C(N)=O)N(CCC(N)=S)c1ccccc1. The highest BCUT2D eigenvalue weighted by Crippen LogP contribution is 2.18. The van der Waals surface area contributed by atoms with Gasteiger partial charge >= 0.3 is 0 Å². The topological polar surface area (TPSA) is 72.4 Å². The number of hydrogen-bond acceptors (Lipinski definition) is 3. The summed E-state index contributed by atoms with van der Waals surface area (Å²) in [5, 5.41) is 0. The lowest BCUT2D eigenvalue weighted by Crippen LogP contribution is -2.45. The van der Waals surface area contributed by atoms with Crippen LogP contribution in [-0.2, 0) is 4.79 Å². The molecule has 0 aliphatic carbocycles. The number of para-hydroxylation sites is 1. The van der Waals surface area contributed by atoms with E-state index in [4.69, 9.17) is 23.7 Å². The second-order valence-corrected chi connectivity index (χ2v) is 4.60. The number of anilines is 1. The van der Waals surface area contributed by atoms with E-state index in [-0.39, 0.29) is 11.9 Å². The Morgan fingerprint density at radius 3 is 2.39 bits per heavy atom. The standard InChI is InChI=1S/C13H19N3OS/c1-2-11(13(15)17)16(9-8-12(14)18)10-6-4-3-5-7-10/h3-7,11H,2,8-9H2,1H3,(H2,14,18)(H2,15,17). The number of benzene rings is 1. The highest BCUT2D eigenvalue weighted by molar-refractivity contribution is 7.80. The maximum Gasteiger partial charge on any atom is 0.240 e. The summed E-state index contributed by atoms with van der Waals surface area (Å²) in [6.45, 7) is 2.53. The predicted molar refractivity (Wildman–Crippen MR) is 78.5 cm³/mol. The van der Waals surface area contributed by atoms with Gasteiger partial charge in [0.05, 0.1) is 4.99 Å². The molecule has 0 radical (unpaired) electrons. The number of primary amides is 1. The molecule has 0 aromatic heterocycles. The first kappa shape index (κ1) is 14.4. The molecule has 0 aliphatic rings. The third kappa shape index (κ3) is 4.00. The average Bonchev–Trinajstić information content (AvgIpc) is 2.34. The van der Waals surface area contributed by atoms with Gasteiger partial charge in [0, 0.05) is 18.7 Å². The zero-order valence-electron chi connectivity index (χ0n) is 10.5. The number of carbonyl (C=O) groups is 1. The molecule has 4 nitrogen and oxygen atoms in total. The third-order valence-corrected chi connectivity index (χ3v) is 2.98. The molecule has 18 heavy (non-hydrogen) atoms. The van der Waals surface area contributed by atoms with Crippen molar-refractivity contribution < 1.29 is 4.79 Å². The molecule has 1 amide bonds. The number of amides is 1. The summed E-state index contributed by atoms with van der Waals surface area (Å²) in [6.07, 6.45) is 1.22. The second-order valence-electron chi connectivity index (χ2n) is 4.07. The van der Waals surface area contributed by atoms with Crippen LogP contribution >= 0.6 is 12.2 Å². The molecule has 0 heterocycles. The Hall–Kier alpha value is -1.62. The highest BCUT2D eigenvalue weighted by Gasteiger charge is 2.22. The van der Waals surface area contributed by atoms with E-state index in [0.29, 0.717) is 24.4 Å². The summed E-state index contributed by atoms with van der Waals surface area (Å²) in [5.41, 5.74) is 11.9. The number of rotatable bonds is 7. The van der Waals surface area contributed by atoms with Gasteiger partial charge < -0.3 is 16.4 Å². The Balaban J connectivity index is 2.94. The van der Waals surface area contributed by atoms with E-state index in [9.17, 15) is 4.79 Å². The molecular formula is C13H19N3OS. The van der Waals surface area contributed by atoms with Crippen LogP contribution in [0.15, 0.2) is 30.3 Å². The van der Waals surface area contributed by atoms with Crippen LogP contribution in [0.5, 0.6) is 0 Å². The van der Waals surface area contributed by atoms with Gasteiger partial charge in [-0.1, -0.05) is 37.3 Å². The van der Waals surface area contributed by atoms with Crippen molar-refractivity contribution in [3.63, 3.8) is 0 Å². The average molecular weight is 265 g/mol. The maximum atomic E-state index is 11.5. The summed E-state index contributed by atoms with van der Waals surface area (Å²) in [7, 11) is 0. The van der Waals surface area contributed by atoms with E-state index in [1.165, 1.54) is 0 Å². The van der Waals surface area contributed by atoms with Gasteiger partial charge in [0.15, 0.2) is 0 Å². The fraction of sp³-hybridized carbons (Fsp3) is 0.385. The van der Waals surface area contributed by atoms with Gasteiger partial charge in [0.2, 0.25) is 5.91 Å². The summed E-state index contributed by atoms with van der Waals surface area (Å²) < 4.78 is 0. The molecule has 0 fully saturated rings. The number of thiocarbonyl (C=S) groups is 1. The van der Waals surface area contributed by atoms with Gasteiger partial charge in [-0.25, -0.2) is 0 Å². The molecule has 0 saturated heterocycles. The Morgan fingerprint density at radius 1 is 1.33 bits per heavy atom. The largest absolute Gasteiger partial charge is 0.393 e. The van der Waals surface area contributed by atoms with Gasteiger partial charge in [-0.2, -0.15) is 0 Å². The monoisotopic (exact) mass is 265 g/mol. The lowest BCUT2D eigenvalue weighted by Gasteiger charge is -2.31. The minimum Gasteiger partial charge on any atom is -0.393 e. The Kier molecular flexibility index (Phi) is 5.58. The van der Waals surface area contributed by atoms with Crippen LogP contribution in [0.1, 0.15) is 19.8 Å². The molecule has 0 aliphatic heterocycles. The smallest absolute Gasteiger partial charge is 0.240 e. The molecule has 0 spiro atoms. The van der Waals surface area contributed by atoms with Crippen LogP contribution in [-0.4, -0.2) is 23.5 Å². The van der Waals surface area contributed by atoms with Gasteiger partial charge in [-0.3, -0.25) is 4.79 Å². The van der Waals surface area contributed by atoms with Crippen LogP contribution in [0.2, 0.25) is 0 Å². The Labute approximate surface area is 113 Å². The lowest BCUT2D eigenvalue weighted by atomic mass is 10.1. The van der Waals surface area contributed by atoms with Crippen LogP contribution < -0.4 is 16.4 Å². The number of hydrogen-bond donors (Lipinski definition) is 2. The van der Waals surface area contributed by atoms with Gasteiger partial charge in [-0.05, 0) is 18.6 Å². The van der Waals surface area contributed by atoms with Gasteiger partial charge in [-0.15, -0.1) is 0 Å². The first-order valence-corrected chi connectivity index (χ1v) is 6.36. The minimum atomic E-state index is -0.332. The predicted octanol–water partition coefficient (Wildman–Crippen LogP) is 1.43. The summed E-state index contributed by atoms with van der Waals surface area (Å²) >= 11 is 4.89. The van der Waals surface area contributed by atoms with E-state index >= 15 is 0 Å². The molecular weight excluding hydrogens is 246 g/mol. The fourth-order valence-electron chi connectivity index (χ4n) is 1.89. The van der Waals surface area contributed by atoms with Crippen LogP contribution in [0, 0.1) is 0 Å². The maximum absolute atomic E-state index is 11.5. The van der Waals surface area contributed by atoms with E-state index in [0.717, 1.165) is 5.69 Å². The minimum absolute atomic E-state index is 0.329. The van der Waals surface area contributed by atoms with Crippen molar-refractivity contribution in [1.82, 2.24) is 0 Å². The zero-order valence-corrected chi connectivity index (χ0v) is 11.3. The van der Waals surface area contributed by atoms with Crippen LogP contribution in [0.4, 0.5) is 5.69 Å². The van der Waals surface area contributed by atoms with Crippen molar-refractivity contribution >= 4 is 28.8 Å². The molecule has 5 heteroatoms. The highest BCUT2D eigenvalue weighted by atomic mass is 32.1. The number of carbonyl (C=O) groups excluding carboxylic acids is 1. The molecule has 1 aromatic carbocycles. The van der Waals surface area contributed by atoms with E-state index in [2.05, 4.69) is 0 Å². The lowest BCUT2D eigenvalue weighted by molar-refractivity contribution is -0.119. The molecule has 0 bridgehead atoms. The third-order valence-electron chi connectivity index (χ3n) is 2.78. The van der Waals surface area contributed by atoms with E-state index in [1.807, 2.05) is 42.2 Å². The second kappa shape index (κ2) is 6.96. The van der Waals surface area contributed by atoms with Crippen molar-refractivity contribution in [1.29, 1.82) is 0 Å². The number of nitrogens with zero attached hydrogens (tertiary/aromatic N) is 1. The zero-order chi connectivity index (χ0) is 13.5. The number of nitrogens with two attached hydrogens (primary N) is 2. The van der Waals surface area contributed by atoms with E-state index < -0.39 is 0 Å². The Bertz CT molecular complexity index is 408. The molecule has 0 saturated carbocycles. The quantitative estimate of drug-likeness (QED) is 0.732. The van der Waals surface area contributed by atoms with E-state index in [1.54, 1.807) is 0 Å². The molecule has 98 valence electrons. The first-order valence-electron chi connectivity index (χ1n) is 5.95. The molecule has 1 unspecified atom stereocenters. The van der Waals surface area contributed by atoms with Crippen molar-refractivity contribution in [2.24, 2.45) is 11.5 Å². The molecule has 1 aromatic rings. The van der Waals surface area contributed by atoms with Gasteiger partial charge in [0.25, 0.3) is 0 Å².